The smallest absolute Gasteiger partial charge is 0.121 e. The minimum absolute atomic E-state index is 0.00822. The van der Waals surface area contributed by atoms with E-state index in [1.807, 2.05) is 0 Å². The van der Waals surface area contributed by atoms with Gasteiger partial charge in [-0.25, -0.2) is 0 Å². The summed E-state index contributed by atoms with van der Waals surface area (Å²) in [7, 11) is 0. The first-order valence-corrected chi connectivity index (χ1v) is 5.69. The van der Waals surface area contributed by atoms with E-state index >= 15 is 0 Å². The maximum absolute atomic E-state index is 9.60. The molecule has 0 bridgehead atoms. The third-order valence-electron chi connectivity index (χ3n) is 1.91. The van der Waals surface area contributed by atoms with E-state index in [9.17, 15) is 5.11 Å². The molecule has 0 saturated heterocycles. The Morgan fingerprint density at radius 2 is 1.86 bits per heavy atom. The van der Waals surface area contributed by atoms with Crippen LogP contribution in [0.2, 0.25) is 0 Å². The fraction of sp³-hybridized carbons (Fsp3) is 0.333. The van der Waals surface area contributed by atoms with E-state index in [4.69, 9.17) is 10.8 Å². The molecule has 0 aliphatic rings. The fourth-order valence-electron chi connectivity index (χ4n) is 1.14. The van der Waals surface area contributed by atoms with Crippen molar-refractivity contribution in [2.45, 2.75) is 12.5 Å². The number of hydrogen-bond donors (Lipinski definition) is 3. The number of aromatic hydroxyl groups is 1. The number of nitrogens with two attached hydrogens (primary N) is 1. The van der Waals surface area contributed by atoms with Crippen LogP contribution in [0.5, 0.6) is 5.75 Å². The molecule has 0 aliphatic heterocycles. The quantitative estimate of drug-likeness (QED) is 0.799. The van der Waals surface area contributed by atoms with Crippen LogP contribution in [0.3, 0.4) is 0 Å². The van der Waals surface area contributed by atoms with Crippen molar-refractivity contribution in [2.24, 2.45) is 5.73 Å². The largest absolute Gasteiger partial charge is 0.508 e. The Morgan fingerprint density at radius 3 is 2.43 bits per heavy atom. The molecule has 1 aromatic carbocycles. The number of aliphatic hydroxyl groups is 1. The van der Waals surface area contributed by atoms with E-state index < -0.39 is 0 Å². The molecule has 1 unspecified atom stereocenters. The van der Waals surface area contributed by atoms with Crippen LogP contribution >= 0.6 is 31.9 Å². The number of rotatable bonds is 3. The van der Waals surface area contributed by atoms with Crippen LogP contribution in [-0.4, -0.2) is 16.8 Å². The highest BCUT2D eigenvalue weighted by Gasteiger charge is 2.12. The first-order chi connectivity index (χ1) is 6.56. The van der Waals surface area contributed by atoms with E-state index in [1.165, 1.54) is 0 Å². The highest BCUT2D eigenvalue weighted by atomic mass is 79.9. The van der Waals surface area contributed by atoms with E-state index in [2.05, 4.69) is 31.9 Å². The molecular weight excluding hydrogens is 314 g/mol. The molecule has 1 aromatic rings. The van der Waals surface area contributed by atoms with Crippen LogP contribution in [0.1, 0.15) is 18.0 Å². The lowest BCUT2D eigenvalue weighted by molar-refractivity contribution is 0.275. The van der Waals surface area contributed by atoms with Gasteiger partial charge in [-0.2, -0.15) is 0 Å². The predicted molar refractivity (Wildman–Crippen MR) is 62.1 cm³/mol. The van der Waals surface area contributed by atoms with Gasteiger partial charge in [-0.05, 0) is 50.4 Å². The zero-order chi connectivity index (χ0) is 10.7. The van der Waals surface area contributed by atoms with Gasteiger partial charge in [0.15, 0.2) is 0 Å². The number of aliphatic hydroxyl groups excluding tert-OH is 1. The first-order valence-electron chi connectivity index (χ1n) is 4.10. The molecule has 0 heterocycles. The standard InChI is InChI=1S/C9H11Br2NO2/c10-6-3-5(8(12)1-2-13)9(14)4-7(6)11/h3-4,8,13-14H,1-2,12H2. The SMILES string of the molecule is NC(CCO)c1cc(Br)c(Br)cc1O. The molecule has 0 aliphatic carbocycles. The van der Waals surface area contributed by atoms with Crippen molar-refractivity contribution in [1.82, 2.24) is 0 Å². The molecule has 0 fully saturated rings. The first kappa shape index (κ1) is 12.0. The van der Waals surface area contributed by atoms with Gasteiger partial charge in [-0.3, -0.25) is 0 Å². The molecular formula is C9H11Br2NO2. The number of hydrogen-bond acceptors (Lipinski definition) is 3. The summed E-state index contributed by atoms with van der Waals surface area (Å²) >= 11 is 6.59. The minimum Gasteiger partial charge on any atom is -0.508 e. The highest BCUT2D eigenvalue weighted by Crippen LogP contribution is 2.33. The minimum atomic E-state index is -0.343. The van der Waals surface area contributed by atoms with Gasteiger partial charge in [-0.1, -0.05) is 0 Å². The zero-order valence-corrected chi connectivity index (χ0v) is 10.5. The van der Waals surface area contributed by atoms with E-state index in [0.717, 1.165) is 8.95 Å². The lowest BCUT2D eigenvalue weighted by Gasteiger charge is -2.13. The lowest BCUT2D eigenvalue weighted by atomic mass is 10.0. The van der Waals surface area contributed by atoms with Crippen molar-refractivity contribution in [3.63, 3.8) is 0 Å². The summed E-state index contributed by atoms with van der Waals surface area (Å²) in [5.74, 6) is 0.140. The van der Waals surface area contributed by atoms with Gasteiger partial charge in [0.05, 0.1) is 0 Å². The van der Waals surface area contributed by atoms with Gasteiger partial charge in [0, 0.05) is 27.2 Å². The summed E-state index contributed by atoms with van der Waals surface area (Å²) in [6.45, 7) is 0.00822. The van der Waals surface area contributed by atoms with E-state index in [0.29, 0.717) is 12.0 Å². The second-order valence-corrected chi connectivity index (χ2v) is 4.65. The molecule has 0 spiro atoms. The van der Waals surface area contributed by atoms with E-state index in [-0.39, 0.29) is 18.4 Å². The molecule has 5 heteroatoms. The van der Waals surface area contributed by atoms with Crippen molar-refractivity contribution >= 4 is 31.9 Å². The molecule has 0 radical (unpaired) electrons. The molecule has 0 aromatic heterocycles. The number of halogens is 2. The van der Waals surface area contributed by atoms with Crippen LogP contribution in [0, 0.1) is 0 Å². The Balaban J connectivity index is 3.02. The number of benzene rings is 1. The summed E-state index contributed by atoms with van der Waals surface area (Å²) in [4.78, 5) is 0. The van der Waals surface area contributed by atoms with Crippen LogP contribution < -0.4 is 5.73 Å². The normalized spacial score (nSPS) is 12.9. The average Bonchev–Trinajstić information content (AvgIpc) is 2.11. The number of phenols is 1. The molecule has 3 nitrogen and oxygen atoms in total. The summed E-state index contributed by atoms with van der Waals surface area (Å²) in [6.07, 6.45) is 0.432. The maximum atomic E-state index is 9.60. The molecule has 78 valence electrons. The third-order valence-corrected chi connectivity index (χ3v) is 3.75. The van der Waals surface area contributed by atoms with Crippen LogP contribution in [0.15, 0.2) is 21.1 Å². The van der Waals surface area contributed by atoms with Crippen molar-refractivity contribution in [3.8, 4) is 5.75 Å². The van der Waals surface area contributed by atoms with Gasteiger partial charge in [0.2, 0.25) is 0 Å². The van der Waals surface area contributed by atoms with Gasteiger partial charge in [0.25, 0.3) is 0 Å². The number of phenolic OH excluding ortho intramolecular Hbond substituents is 1. The molecule has 14 heavy (non-hydrogen) atoms. The van der Waals surface area contributed by atoms with Gasteiger partial charge < -0.3 is 15.9 Å². The second kappa shape index (κ2) is 5.11. The van der Waals surface area contributed by atoms with Crippen molar-refractivity contribution < 1.29 is 10.2 Å². The summed E-state index contributed by atoms with van der Waals surface area (Å²) in [5.41, 5.74) is 6.40. The Hall–Kier alpha value is -0.100. The van der Waals surface area contributed by atoms with Crippen molar-refractivity contribution in [3.05, 3.63) is 26.6 Å². The third kappa shape index (κ3) is 2.70. The van der Waals surface area contributed by atoms with Gasteiger partial charge in [-0.15, -0.1) is 0 Å². The Bertz CT molecular complexity index is 331. The average molecular weight is 325 g/mol. The second-order valence-electron chi connectivity index (χ2n) is 2.94. The molecule has 1 rings (SSSR count). The molecule has 1 atom stereocenters. The van der Waals surface area contributed by atoms with Gasteiger partial charge in [0.1, 0.15) is 5.75 Å². The summed E-state index contributed by atoms with van der Waals surface area (Å²) in [5, 5.41) is 18.3. The van der Waals surface area contributed by atoms with Crippen molar-refractivity contribution in [2.75, 3.05) is 6.61 Å². The lowest BCUT2D eigenvalue weighted by Crippen LogP contribution is -2.12. The Labute approximate surface area is 99.2 Å². The topological polar surface area (TPSA) is 66.5 Å². The zero-order valence-electron chi connectivity index (χ0n) is 7.37. The predicted octanol–water partition coefficient (Wildman–Crippen LogP) is 2.30. The molecule has 0 amide bonds. The van der Waals surface area contributed by atoms with Crippen LogP contribution in [0.4, 0.5) is 0 Å². The van der Waals surface area contributed by atoms with Gasteiger partial charge >= 0.3 is 0 Å². The fourth-order valence-corrected chi connectivity index (χ4v) is 1.84. The highest BCUT2D eigenvalue weighted by molar-refractivity contribution is 9.13. The summed E-state index contributed by atoms with van der Waals surface area (Å²) in [6, 6.07) is 2.99. The Morgan fingerprint density at radius 1 is 1.29 bits per heavy atom. The monoisotopic (exact) mass is 323 g/mol. The molecule has 4 N–H and O–H groups in total. The van der Waals surface area contributed by atoms with Crippen LogP contribution in [-0.2, 0) is 0 Å². The molecule has 0 saturated carbocycles. The van der Waals surface area contributed by atoms with E-state index in [1.54, 1.807) is 12.1 Å². The summed E-state index contributed by atoms with van der Waals surface area (Å²) < 4.78 is 1.61. The Kier molecular flexibility index (Phi) is 4.37. The van der Waals surface area contributed by atoms with Crippen LogP contribution in [0.25, 0.3) is 0 Å². The van der Waals surface area contributed by atoms with Crippen molar-refractivity contribution in [1.29, 1.82) is 0 Å². The maximum Gasteiger partial charge on any atom is 0.121 e.